The van der Waals surface area contributed by atoms with E-state index in [-0.39, 0.29) is 4.49 Å². The Kier molecular flexibility index (Phi) is 2.76. The maximum absolute atomic E-state index is 5.64. The van der Waals surface area contributed by atoms with Crippen LogP contribution >= 0.6 is 23.2 Å². The van der Waals surface area contributed by atoms with E-state index < -0.39 is 0 Å². The third kappa shape index (κ3) is 1.92. The molecular weight excluding hydrogens is 215 g/mol. The molecule has 0 bridgehead atoms. The fourth-order valence-electron chi connectivity index (χ4n) is 1.49. The molecule has 0 heterocycles. The Bertz CT molecular complexity index is 477. The van der Waals surface area contributed by atoms with Crippen molar-refractivity contribution >= 4 is 40.1 Å². The molecule has 70 valence electrons. The van der Waals surface area contributed by atoms with Gasteiger partial charge in [0.1, 0.15) is 4.49 Å². The van der Waals surface area contributed by atoms with Crippen LogP contribution in [0.3, 0.4) is 0 Å². The lowest BCUT2D eigenvalue weighted by Crippen LogP contribution is -1.77. The number of hydrogen-bond donors (Lipinski definition) is 0. The highest BCUT2D eigenvalue weighted by Crippen LogP contribution is 2.22. The molecule has 0 radical (unpaired) electrons. The molecule has 0 amide bonds. The molecule has 0 aliphatic heterocycles. The molecule has 0 unspecified atom stereocenters. The zero-order valence-corrected chi connectivity index (χ0v) is 8.89. The van der Waals surface area contributed by atoms with Gasteiger partial charge in [-0.3, -0.25) is 0 Å². The van der Waals surface area contributed by atoms with Crippen molar-refractivity contribution in [1.82, 2.24) is 0 Å². The van der Waals surface area contributed by atoms with Crippen LogP contribution in [-0.2, 0) is 0 Å². The Morgan fingerprint density at radius 3 is 2.43 bits per heavy atom. The van der Waals surface area contributed by atoms with Crippen LogP contribution in [0.2, 0.25) is 0 Å². The molecule has 2 heteroatoms. The molecule has 0 N–H and O–H groups in total. The van der Waals surface area contributed by atoms with E-state index in [0.29, 0.717) is 0 Å². The minimum absolute atomic E-state index is 0.279. The number of hydrogen-bond acceptors (Lipinski definition) is 0. The fraction of sp³-hybridized carbons (Fsp3) is 0. The summed E-state index contributed by atoms with van der Waals surface area (Å²) in [6.45, 7) is 0. The zero-order valence-electron chi connectivity index (χ0n) is 7.37. The van der Waals surface area contributed by atoms with Crippen molar-refractivity contribution in [3.8, 4) is 0 Å². The van der Waals surface area contributed by atoms with E-state index in [1.165, 1.54) is 5.39 Å². The van der Waals surface area contributed by atoms with Gasteiger partial charge in [0.2, 0.25) is 0 Å². The summed E-state index contributed by atoms with van der Waals surface area (Å²) in [5, 5.41) is 2.35. The third-order valence-electron chi connectivity index (χ3n) is 2.09. The van der Waals surface area contributed by atoms with E-state index in [1.807, 2.05) is 24.3 Å². The van der Waals surface area contributed by atoms with Gasteiger partial charge in [-0.2, -0.15) is 0 Å². The van der Waals surface area contributed by atoms with Crippen molar-refractivity contribution in [3.63, 3.8) is 0 Å². The smallest absolute Gasteiger partial charge is 0.0709 e. The lowest BCUT2D eigenvalue weighted by Gasteiger charge is -2.01. The topological polar surface area (TPSA) is 0 Å². The van der Waals surface area contributed by atoms with Crippen LogP contribution in [0.5, 0.6) is 0 Å². The second-order valence-corrected chi connectivity index (χ2v) is 4.01. The Balaban J connectivity index is 2.71. The van der Waals surface area contributed by atoms with Crippen molar-refractivity contribution in [2.45, 2.75) is 0 Å². The first kappa shape index (κ1) is 9.57. The van der Waals surface area contributed by atoms with E-state index >= 15 is 0 Å². The van der Waals surface area contributed by atoms with E-state index in [2.05, 4.69) is 18.2 Å². The van der Waals surface area contributed by atoms with Crippen LogP contribution in [0, 0.1) is 0 Å². The molecule has 0 atom stereocenters. The first-order valence-corrected chi connectivity index (χ1v) is 5.03. The standard InChI is InChI=1S/C12H8Cl2/c13-12(14)8-10-6-3-5-9-4-1-2-7-11(9)10/h1-8H. The lowest BCUT2D eigenvalue weighted by molar-refractivity contribution is 1.71. The van der Waals surface area contributed by atoms with Gasteiger partial charge in [0, 0.05) is 0 Å². The fourth-order valence-corrected chi connectivity index (χ4v) is 1.73. The zero-order chi connectivity index (χ0) is 9.97. The molecule has 0 fully saturated rings. The lowest BCUT2D eigenvalue weighted by atomic mass is 10.1. The third-order valence-corrected chi connectivity index (χ3v) is 2.31. The molecule has 0 aromatic heterocycles. The molecule has 2 aromatic carbocycles. The minimum atomic E-state index is 0.279. The summed E-state index contributed by atoms with van der Waals surface area (Å²) in [6.07, 6.45) is 1.76. The molecule has 0 aliphatic rings. The molecule has 2 rings (SSSR count). The first-order chi connectivity index (χ1) is 6.77. The average Bonchev–Trinajstić information content (AvgIpc) is 2.18. The molecule has 0 spiro atoms. The average molecular weight is 223 g/mol. The predicted octanol–water partition coefficient (Wildman–Crippen LogP) is 4.62. The Morgan fingerprint density at radius 2 is 1.64 bits per heavy atom. The van der Waals surface area contributed by atoms with Crippen LogP contribution in [0.1, 0.15) is 5.56 Å². The van der Waals surface area contributed by atoms with E-state index in [9.17, 15) is 0 Å². The summed E-state index contributed by atoms with van der Waals surface area (Å²) < 4.78 is 0.279. The summed E-state index contributed by atoms with van der Waals surface area (Å²) in [7, 11) is 0. The van der Waals surface area contributed by atoms with Crippen molar-refractivity contribution in [2.75, 3.05) is 0 Å². The second-order valence-electron chi connectivity index (χ2n) is 3.00. The minimum Gasteiger partial charge on any atom is -0.0709 e. The number of benzene rings is 2. The number of rotatable bonds is 1. The maximum Gasteiger partial charge on any atom is 0.107 e. The molecule has 2 aromatic rings. The normalized spacial score (nSPS) is 10.1. The van der Waals surface area contributed by atoms with Gasteiger partial charge in [0.05, 0.1) is 0 Å². The Morgan fingerprint density at radius 1 is 0.929 bits per heavy atom. The summed E-state index contributed by atoms with van der Waals surface area (Å²) in [5.74, 6) is 0. The highest BCUT2D eigenvalue weighted by molar-refractivity contribution is 6.57. The first-order valence-electron chi connectivity index (χ1n) is 4.28. The van der Waals surface area contributed by atoms with Gasteiger partial charge < -0.3 is 0 Å². The predicted molar refractivity (Wildman–Crippen MR) is 63.6 cm³/mol. The van der Waals surface area contributed by atoms with Crippen molar-refractivity contribution in [3.05, 3.63) is 52.5 Å². The van der Waals surface area contributed by atoms with Crippen LogP contribution in [-0.4, -0.2) is 0 Å². The SMILES string of the molecule is ClC(Cl)=Cc1cccc2ccccc12. The monoisotopic (exact) mass is 222 g/mol. The van der Waals surface area contributed by atoms with Gasteiger partial charge in [-0.05, 0) is 22.4 Å². The van der Waals surface area contributed by atoms with Gasteiger partial charge in [-0.1, -0.05) is 65.7 Å². The molecule has 14 heavy (non-hydrogen) atoms. The largest absolute Gasteiger partial charge is 0.107 e. The van der Waals surface area contributed by atoms with Gasteiger partial charge >= 0.3 is 0 Å². The van der Waals surface area contributed by atoms with Crippen LogP contribution in [0.25, 0.3) is 16.8 Å². The van der Waals surface area contributed by atoms with Crippen molar-refractivity contribution < 1.29 is 0 Å². The molecule has 0 saturated heterocycles. The van der Waals surface area contributed by atoms with Crippen LogP contribution in [0.4, 0.5) is 0 Å². The summed E-state index contributed by atoms with van der Waals surface area (Å²) in [5.41, 5.74) is 1.04. The molecule has 0 nitrogen and oxygen atoms in total. The quantitative estimate of drug-likeness (QED) is 0.661. The van der Waals surface area contributed by atoms with Crippen molar-refractivity contribution in [2.24, 2.45) is 0 Å². The van der Waals surface area contributed by atoms with Crippen LogP contribution in [0.15, 0.2) is 47.0 Å². The molecular formula is C12H8Cl2. The Hall–Kier alpha value is -0.980. The summed E-state index contributed by atoms with van der Waals surface area (Å²) in [6, 6.07) is 14.2. The number of halogens is 2. The summed E-state index contributed by atoms with van der Waals surface area (Å²) in [4.78, 5) is 0. The van der Waals surface area contributed by atoms with E-state index in [1.54, 1.807) is 6.08 Å². The molecule has 0 saturated carbocycles. The van der Waals surface area contributed by atoms with Gasteiger partial charge in [-0.15, -0.1) is 0 Å². The van der Waals surface area contributed by atoms with Crippen molar-refractivity contribution in [1.29, 1.82) is 0 Å². The van der Waals surface area contributed by atoms with E-state index in [4.69, 9.17) is 23.2 Å². The summed E-state index contributed by atoms with van der Waals surface area (Å²) >= 11 is 11.3. The molecule has 0 aliphatic carbocycles. The maximum atomic E-state index is 5.64. The highest BCUT2D eigenvalue weighted by Gasteiger charge is 1.97. The number of fused-ring (bicyclic) bond motifs is 1. The van der Waals surface area contributed by atoms with Crippen LogP contribution < -0.4 is 0 Å². The second kappa shape index (κ2) is 4.04. The Labute approximate surface area is 92.8 Å². The van der Waals surface area contributed by atoms with Gasteiger partial charge in [0.25, 0.3) is 0 Å². The highest BCUT2D eigenvalue weighted by atomic mass is 35.5. The van der Waals surface area contributed by atoms with E-state index in [0.717, 1.165) is 10.9 Å². The van der Waals surface area contributed by atoms with Gasteiger partial charge in [-0.25, -0.2) is 0 Å². The van der Waals surface area contributed by atoms with Gasteiger partial charge in [0.15, 0.2) is 0 Å².